The first-order valence-corrected chi connectivity index (χ1v) is 9.30. The number of aryl methyl sites for hydroxylation is 5. The van der Waals surface area contributed by atoms with E-state index in [0.29, 0.717) is 0 Å². The highest BCUT2D eigenvalue weighted by molar-refractivity contribution is 6.50. The summed E-state index contributed by atoms with van der Waals surface area (Å²) >= 11 is -0.0610. The minimum Gasteiger partial charge on any atom is -0.418 e. The van der Waals surface area contributed by atoms with E-state index >= 15 is 0 Å². The van der Waals surface area contributed by atoms with Crippen molar-refractivity contribution in [2.45, 2.75) is 34.6 Å². The van der Waals surface area contributed by atoms with Crippen molar-refractivity contribution in [1.82, 2.24) is 0 Å². The highest BCUT2D eigenvalue weighted by Gasteiger charge is 2.22. The van der Waals surface area contributed by atoms with Crippen LogP contribution in [0.15, 0.2) is 30.3 Å². The van der Waals surface area contributed by atoms with Gasteiger partial charge >= 0.3 is 28.5 Å². The Balaban J connectivity index is 0.000000463. The molecule has 0 radical (unpaired) electrons. The fraction of sp³-hybridized carbons (Fsp3) is 0.294. The third kappa shape index (κ3) is 7.86. The maximum Gasteiger partial charge on any atom is 0.673 e. The molecule has 0 fully saturated rings. The number of hydrogen-bond donors (Lipinski definition) is 0. The summed E-state index contributed by atoms with van der Waals surface area (Å²) in [5, 5.41) is 0. The van der Waals surface area contributed by atoms with E-state index in [1.165, 1.54) is 31.4 Å². The predicted octanol–water partition coefficient (Wildman–Crippen LogP) is 2.66. The van der Waals surface area contributed by atoms with Crippen molar-refractivity contribution < 1.29 is 38.5 Å². The Morgan fingerprint density at radius 1 is 0.652 bits per heavy atom. The molecule has 0 bridgehead atoms. The Morgan fingerprint density at radius 2 is 1.00 bits per heavy atom. The second-order valence-corrected chi connectivity index (χ2v) is 8.47. The van der Waals surface area contributed by atoms with Gasteiger partial charge in [-0.15, -0.1) is 0 Å². The van der Waals surface area contributed by atoms with Crippen LogP contribution < -0.4 is 21.2 Å². The van der Waals surface area contributed by atoms with Gasteiger partial charge < -0.3 is 17.3 Å². The Kier molecular flexibility index (Phi) is 7.11. The summed E-state index contributed by atoms with van der Waals surface area (Å²) in [5.41, 5.74) is 7.05. The number of halogens is 5. The van der Waals surface area contributed by atoms with Crippen LogP contribution in [0.25, 0.3) is 0 Å². The van der Waals surface area contributed by atoms with Crippen LogP contribution in [0.3, 0.4) is 0 Å². The smallest absolute Gasteiger partial charge is 0.418 e. The van der Waals surface area contributed by atoms with Crippen LogP contribution >= 0.6 is 0 Å². The molecule has 0 amide bonds. The summed E-state index contributed by atoms with van der Waals surface area (Å²) in [5.74, 6) is 0. The van der Waals surface area contributed by atoms with Gasteiger partial charge in [0.05, 0.1) is 0 Å². The monoisotopic (exact) mass is 438 g/mol. The van der Waals surface area contributed by atoms with E-state index in [1.54, 1.807) is 3.57 Å². The zero-order chi connectivity index (χ0) is 17.8. The fourth-order valence-corrected chi connectivity index (χ4v) is 5.47. The van der Waals surface area contributed by atoms with Gasteiger partial charge in [0, 0.05) is 11.1 Å². The van der Waals surface area contributed by atoms with Gasteiger partial charge in [0.25, 0.3) is 0 Å². The van der Waals surface area contributed by atoms with Gasteiger partial charge in [-0.05, 0) is 57.9 Å². The summed E-state index contributed by atoms with van der Waals surface area (Å²) < 4.78 is 42.1. The molecular weight excluding hydrogens is 418 g/mol. The lowest BCUT2D eigenvalue weighted by molar-refractivity contribution is -0.598. The predicted molar refractivity (Wildman–Crippen MR) is 84.1 cm³/mol. The van der Waals surface area contributed by atoms with Crippen LogP contribution in [0.2, 0.25) is 0 Å². The molecule has 6 heteroatoms. The molecule has 0 saturated carbocycles. The molecule has 0 saturated heterocycles. The molecule has 0 nitrogen and oxygen atoms in total. The topological polar surface area (TPSA) is 0 Å². The zero-order valence-corrected chi connectivity index (χ0v) is 16.0. The van der Waals surface area contributed by atoms with Crippen molar-refractivity contribution >= 4 is 7.25 Å². The van der Waals surface area contributed by atoms with Crippen LogP contribution in [0, 0.1) is 41.8 Å². The first-order chi connectivity index (χ1) is 10.5. The second-order valence-electron chi connectivity index (χ2n) is 5.61. The Morgan fingerprint density at radius 3 is 1.39 bits per heavy atom. The molecule has 0 unspecified atom stereocenters. The Labute approximate surface area is 145 Å². The lowest BCUT2D eigenvalue weighted by atomic mass is 10.1. The third-order valence-electron chi connectivity index (χ3n) is 2.97. The van der Waals surface area contributed by atoms with Gasteiger partial charge in [-0.1, -0.05) is 23.8 Å². The first kappa shape index (κ1) is 20.0. The number of benzene rings is 2. The fourth-order valence-electron chi connectivity index (χ4n) is 2.39. The van der Waals surface area contributed by atoms with Gasteiger partial charge in [0.15, 0.2) is 7.14 Å². The Hall–Kier alpha value is -1.05. The summed E-state index contributed by atoms with van der Waals surface area (Å²) in [6.07, 6.45) is 0. The molecule has 0 atom stereocenters. The van der Waals surface area contributed by atoms with Crippen molar-refractivity contribution in [2.24, 2.45) is 0 Å². The quantitative estimate of drug-likeness (QED) is 0.385. The van der Waals surface area contributed by atoms with Gasteiger partial charge in [-0.2, -0.15) is 0 Å². The van der Waals surface area contributed by atoms with Gasteiger partial charge in [0.2, 0.25) is 0 Å². The molecule has 0 aliphatic heterocycles. The van der Waals surface area contributed by atoms with E-state index in [-0.39, 0.29) is 21.2 Å². The molecule has 2 aromatic rings. The molecule has 0 aliphatic rings. The van der Waals surface area contributed by atoms with Crippen molar-refractivity contribution in [3.63, 3.8) is 0 Å². The lowest BCUT2D eigenvalue weighted by Crippen LogP contribution is -3.62. The minimum atomic E-state index is -6.00. The van der Waals surface area contributed by atoms with E-state index in [0.717, 1.165) is 0 Å². The SMILES string of the molecule is Cc1cc(C)cc([I+]c2c(C)cc(C)cc2C)c1.F[B-](F)(F)F. The van der Waals surface area contributed by atoms with Crippen molar-refractivity contribution in [3.8, 4) is 0 Å². The average molecular weight is 438 g/mol. The zero-order valence-electron chi connectivity index (χ0n) is 13.9. The molecule has 0 aliphatic carbocycles. The molecule has 2 aromatic carbocycles. The standard InChI is InChI=1S/C17H20I.BF4/c1-11-6-12(2)10-16(9-11)18-17-14(4)7-13(3)8-15(17)5;2-1(3,4)5/h6-10H,1-5H3;/q+1;-1. The molecule has 0 aromatic heterocycles. The van der Waals surface area contributed by atoms with Crippen LogP contribution in [-0.4, -0.2) is 7.25 Å². The van der Waals surface area contributed by atoms with Crippen LogP contribution in [-0.2, 0) is 0 Å². The summed E-state index contributed by atoms with van der Waals surface area (Å²) in [6.45, 7) is 11.1. The molecule has 126 valence electrons. The van der Waals surface area contributed by atoms with Crippen LogP contribution in [0.1, 0.15) is 27.8 Å². The van der Waals surface area contributed by atoms with E-state index in [9.17, 15) is 17.3 Å². The molecule has 0 N–H and O–H groups in total. The van der Waals surface area contributed by atoms with E-state index < -0.39 is 7.25 Å². The number of hydrogen-bond acceptors (Lipinski definition) is 0. The van der Waals surface area contributed by atoms with Crippen molar-refractivity contribution in [2.75, 3.05) is 0 Å². The van der Waals surface area contributed by atoms with Gasteiger partial charge in [-0.25, -0.2) is 0 Å². The third-order valence-corrected chi connectivity index (χ3v) is 6.46. The van der Waals surface area contributed by atoms with E-state index in [1.807, 2.05) is 0 Å². The van der Waals surface area contributed by atoms with Crippen molar-refractivity contribution in [3.05, 3.63) is 65.3 Å². The van der Waals surface area contributed by atoms with Gasteiger partial charge in [-0.3, -0.25) is 0 Å². The lowest BCUT2D eigenvalue weighted by Gasteiger charge is -2.01. The van der Waals surface area contributed by atoms with Crippen LogP contribution in [0.5, 0.6) is 0 Å². The maximum absolute atomic E-state index is 9.75. The largest absolute Gasteiger partial charge is 0.673 e. The normalized spacial score (nSPS) is 11.0. The second kappa shape index (κ2) is 8.17. The summed E-state index contributed by atoms with van der Waals surface area (Å²) in [6, 6.07) is 11.6. The van der Waals surface area contributed by atoms with Crippen LogP contribution in [0.4, 0.5) is 17.3 Å². The highest BCUT2D eigenvalue weighted by atomic mass is 127. The van der Waals surface area contributed by atoms with Gasteiger partial charge in [0.1, 0.15) is 0 Å². The van der Waals surface area contributed by atoms with E-state index in [2.05, 4.69) is 65.0 Å². The minimum absolute atomic E-state index is 0.0610. The first-order valence-electron chi connectivity index (χ1n) is 7.14. The molecule has 0 heterocycles. The van der Waals surface area contributed by atoms with Crippen molar-refractivity contribution in [1.29, 1.82) is 0 Å². The Bertz CT molecular complexity index is 632. The average Bonchev–Trinajstić information content (AvgIpc) is 2.30. The summed E-state index contributed by atoms with van der Waals surface area (Å²) in [7, 11) is -6.00. The number of rotatable bonds is 2. The maximum atomic E-state index is 9.75. The summed E-state index contributed by atoms with van der Waals surface area (Å²) in [4.78, 5) is 0. The molecule has 0 spiro atoms. The molecular formula is C17H20BF4I. The molecule has 23 heavy (non-hydrogen) atoms. The molecule has 2 rings (SSSR count). The highest BCUT2D eigenvalue weighted by Crippen LogP contribution is 2.08. The van der Waals surface area contributed by atoms with E-state index in [4.69, 9.17) is 0 Å².